The van der Waals surface area contributed by atoms with Crippen LogP contribution in [0.15, 0.2) is 24.3 Å². The molecular formula is C22H23N3O2S2. The molecule has 0 saturated heterocycles. The minimum absolute atomic E-state index is 0.0992. The van der Waals surface area contributed by atoms with E-state index >= 15 is 0 Å². The highest BCUT2D eigenvalue weighted by Crippen LogP contribution is 2.46. The number of hydrogen-bond donors (Lipinski definition) is 1. The number of para-hydroxylation sites is 1. The van der Waals surface area contributed by atoms with Crippen LogP contribution in [0.5, 0.6) is 0 Å². The average Bonchev–Trinajstić information content (AvgIpc) is 3.44. The van der Waals surface area contributed by atoms with Crippen LogP contribution in [-0.4, -0.2) is 28.2 Å². The second-order valence-corrected chi connectivity index (χ2v) is 9.99. The molecule has 150 valence electrons. The van der Waals surface area contributed by atoms with E-state index in [1.807, 2.05) is 23.1 Å². The molecular weight excluding hydrogens is 402 g/mol. The number of amides is 2. The van der Waals surface area contributed by atoms with E-state index in [2.05, 4.69) is 11.4 Å². The average molecular weight is 426 g/mol. The Morgan fingerprint density at radius 3 is 2.72 bits per heavy atom. The lowest BCUT2D eigenvalue weighted by atomic mass is 10.0. The fraction of sp³-hybridized carbons (Fsp3) is 0.409. The van der Waals surface area contributed by atoms with E-state index in [0.717, 1.165) is 57.9 Å². The number of fused-ring (bicyclic) bond motifs is 2. The molecule has 3 aromatic rings. The van der Waals surface area contributed by atoms with Crippen LogP contribution in [0.1, 0.15) is 43.0 Å². The first-order chi connectivity index (χ1) is 14.1. The molecule has 0 unspecified atom stereocenters. The van der Waals surface area contributed by atoms with E-state index in [0.29, 0.717) is 13.1 Å². The zero-order valence-electron chi connectivity index (χ0n) is 16.4. The maximum absolute atomic E-state index is 12.9. The summed E-state index contributed by atoms with van der Waals surface area (Å²) in [5.41, 5.74) is 3.30. The molecule has 0 spiro atoms. The van der Waals surface area contributed by atoms with Crippen molar-refractivity contribution >= 4 is 49.7 Å². The van der Waals surface area contributed by atoms with Gasteiger partial charge in [-0.1, -0.05) is 25.0 Å². The summed E-state index contributed by atoms with van der Waals surface area (Å²) in [7, 11) is 0. The largest absolute Gasteiger partial charge is 0.337 e. The summed E-state index contributed by atoms with van der Waals surface area (Å²) in [6.45, 7) is 2.95. The van der Waals surface area contributed by atoms with Crippen molar-refractivity contribution in [2.45, 2.75) is 45.6 Å². The molecule has 2 aliphatic rings. The Morgan fingerprint density at radius 1 is 1.17 bits per heavy atom. The minimum atomic E-state index is 0.0992. The van der Waals surface area contributed by atoms with Crippen molar-refractivity contribution in [1.29, 1.82) is 0 Å². The van der Waals surface area contributed by atoms with Crippen molar-refractivity contribution in [3.05, 3.63) is 34.7 Å². The molecule has 1 fully saturated rings. The number of nitrogens with zero attached hydrogens (tertiary/aromatic N) is 2. The molecule has 1 aromatic carbocycles. The van der Waals surface area contributed by atoms with Crippen LogP contribution >= 0.6 is 22.7 Å². The first-order valence-electron chi connectivity index (χ1n) is 10.2. The molecule has 29 heavy (non-hydrogen) atoms. The standard InChI is InChI=1S/C22H23N3O2S2/c1-13(26)25-11-10-15-18(12-25)29-22(24-20(27)14-6-2-3-7-14)19(15)21-23-16-8-4-5-9-17(16)28-21/h4-5,8-9,14H,2-3,6-7,10-12H2,1H3,(H,24,27). The van der Waals surface area contributed by atoms with Crippen LogP contribution in [-0.2, 0) is 22.6 Å². The van der Waals surface area contributed by atoms with E-state index < -0.39 is 0 Å². The second kappa shape index (κ2) is 7.54. The molecule has 1 aliphatic carbocycles. The lowest BCUT2D eigenvalue weighted by molar-refractivity contribution is -0.129. The van der Waals surface area contributed by atoms with Gasteiger partial charge in [-0.2, -0.15) is 0 Å². The number of hydrogen-bond acceptors (Lipinski definition) is 5. The predicted octanol–water partition coefficient (Wildman–Crippen LogP) is 5.06. The third kappa shape index (κ3) is 3.46. The topological polar surface area (TPSA) is 62.3 Å². The summed E-state index contributed by atoms with van der Waals surface area (Å²) in [4.78, 5) is 32.7. The van der Waals surface area contributed by atoms with Crippen LogP contribution in [0.3, 0.4) is 0 Å². The highest BCUT2D eigenvalue weighted by atomic mass is 32.1. The third-order valence-electron chi connectivity index (χ3n) is 5.97. The molecule has 0 radical (unpaired) electrons. The zero-order valence-corrected chi connectivity index (χ0v) is 18.0. The fourth-order valence-electron chi connectivity index (χ4n) is 4.37. The SMILES string of the molecule is CC(=O)N1CCc2c(sc(NC(=O)C3CCCC3)c2-c2nc3ccccc3s2)C1. The lowest BCUT2D eigenvalue weighted by Crippen LogP contribution is -2.33. The van der Waals surface area contributed by atoms with Crippen LogP contribution in [0.4, 0.5) is 5.00 Å². The van der Waals surface area contributed by atoms with E-state index in [9.17, 15) is 9.59 Å². The molecule has 2 aromatic heterocycles. The number of aromatic nitrogens is 1. The molecule has 0 atom stereocenters. The first kappa shape index (κ1) is 18.8. The van der Waals surface area contributed by atoms with Gasteiger partial charge in [-0.15, -0.1) is 22.7 Å². The number of rotatable bonds is 3. The Bertz CT molecular complexity index is 1060. The van der Waals surface area contributed by atoms with Crippen LogP contribution in [0.25, 0.3) is 20.8 Å². The predicted molar refractivity (Wildman–Crippen MR) is 118 cm³/mol. The molecule has 2 amide bonds. The molecule has 5 nitrogen and oxygen atoms in total. The minimum Gasteiger partial charge on any atom is -0.337 e. The Balaban J connectivity index is 1.57. The van der Waals surface area contributed by atoms with Crippen molar-refractivity contribution < 1.29 is 9.59 Å². The van der Waals surface area contributed by atoms with Crippen molar-refractivity contribution in [1.82, 2.24) is 9.88 Å². The number of anilines is 1. The summed E-state index contributed by atoms with van der Waals surface area (Å²) in [6.07, 6.45) is 5.03. The Hall–Kier alpha value is -2.25. The maximum atomic E-state index is 12.9. The number of carbonyl (C=O) groups excluding carboxylic acids is 2. The molecule has 7 heteroatoms. The van der Waals surface area contributed by atoms with E-state index in [4.69, 9.17) is 4.98 Å². The lowest BCUT2D eigenvalue weighted by Gasteiger charge is -2.26. The fourth-order valence-corrected chi connectivity index (χ4v) is 6.74. The van der Waals surface area contributed by atoms with Crippen LogP contribution < -0.4 is 5.32 Å². The Kier molecular flexibility index (Phi) is 4.87. The number of benzene rings is 1. The van der Waals surface area contributed by atoms with Crippen molar-refractivity contribution in [2.75, 3.05) is 11.9 Å². The Morgan fingerprint density at radius 2 is 1.97 bits per heavy atom. The third-order valence-corrected chi connectivity index (χ3v) is 8.16. The van der Waals surface area contributed by atoms with E-state index in [1.165, 1.54) is 10.4 Å². The molecule has 1 N–H and O–H groups in total. The van der Waals surface area contributed by atoms with E-state index in [1.54, 1.807) is 29.6 Å². The van der Waals surface area contributed by atoms with Crippen LogP contribution in [0.2, 0.25) is 0 Å². The van der Waals surface area contributed by atoms with Gasteiger partial charge in [-0.3, -0.25) is 9.59 Å². The number of nitrogens with one attached hydrogen (secondary N) is 1. The molecule has 3 heterocycles. The summed E-state index contributed by atoms with van der Waals surface area (Å²) < 4.78 is 1.15. The quantitative estimate of drug-likeness (QED) is 0.638. The van der Waals surface area contributed by atoms with Gasteiger partial charge in [0.1, 0.15) is 10.0 Å². The van der Waals surface area contributed by atoms with Gasteiger partial charge < -0.3 is 10.2 Å². The summed E-state index contributed by atoms with van der Waals surface area (Å²) >= 11 is 3.29. The van der Waals surface area contributed by atoms with Gasteiger partial charge in [-0.05, 0) is 37.0 Å². The van der Waals surface area contributed by atoms with Gasteiger partial charge in [-0.25, -0.2) is 4.98 Å². The van der Waals surface area contributed by atoms with Gasteiger partial charge >= 0.3 is 0 Å². The molecule has 0 bridgehead atoms. The van der Waals surface area contributed by atoms with Gasteiger partial charge in [0.25, 0.3) is 0 Å². The summed E-state index contributed by atoms with van der Waals surface area (Å²) in [6, 6.07) is 8.15. The van der Waals surface area contributed by atoms with Crippen molar-refractivity contribution in [3.63, 3.8) is 0 Å². The highest BCUT2D eigenvalue weighted by Gasteiger charge is 2.30. The highest BCUT2D eigenvalue weighted by molar-refractivity contribution is 7.22. The van der Waals surface area contributed by atoms with Crippen molar-refractivity contribution in [3.8, 4) is 10.6 Å². The van der Waals surface area contributed by atoms with Gasteiger partial charge in [0, 0.05) is 29.8 Å². The van der Waals surface area contributed by atoms with E-state index in [-0.39, 0.29) is 17.7 Å². The normalized spacial score (nSPS) is 16.9. The molecule has 1 aliphatic heterocycles. The number of thiazole rings is 1. The first-order valence-corrected chi connectivity index (χ1v) is 11.8. The van der Waals surface area contributed by atoms with Gasteiger partial charge in [0.15, 0.2) is 0 Å². The maximum Gasteiger partial charge on any atom is 0.228 e. The van der Waals surface area contributed by atoms with Gasteiger partial charge in [0.2, 0.25) is 11.8 Å². The molecule has 1 saturated carbocycles. The summed E-state index contributed by atoms with van der Waals surface area (Å²) in [5, 5.41) is 5.10. The molecule has 5 rings (SSSR count). The smallest absolute Gasteiger partial charge is 0.228 e. The second-order valence-electron chi connectivity index (χ2n) is 7.86. The van der Waals surface area contributed by atoms with Crippen LogP contribution in [0, 0.1) is 5.92 Å². The monoisotopic (exact) mass is 425 g/mol. The van der Waals surface area contributed by atoms with Gasteiger partial charge in [0.05, 0.1) is 16.8 Å². The number of carbonyl (C=O) groups is 2. The number of thiophene rings is 1. The van der Waals surface area contributed by atoms with Crippen molar-refractivity contribution in [2.24, 2.45) is 5.92 Å². The summed E-state index contributed by atoms with van der Waals surface area (Å²) in [5.74, 6) is 0.347. The zero-order chi connectivity index (χ0) is 20.0. The Labute approximate surface area is 177 Å².